The predicted octanol–water partition coefficient (Wildman–Crippen LogP) is 2.91. The molecule has 1 aliphatic heterocycles. The first-order chi connectivity index (χ1) is 9.97. The van der Waals surface area contributed by atoms with Crippen LogP contribution in [0.5, 0.6) is 0 Å². The number of hydrogen-bond acceptors (Lipinski definition) is 4. The van der Waals surface area contributed by atoms with E-state index >= 15 is 0 Å². The summed E-state index contributed by atoms with van der Waals surface area (Å²) < 4.78 is 6.52. The number of likely N-dealkylation sites (tertiary alicyclic amines) is 1. The van der Waals surface area contributed by atoms with Gasteiger partial charge in [-0.1, -0.05) is 0 Å². The Kier molecular flexibility index (Phi) is 5.78. The number of thiophene rings is 1. The fraction of sp³-hybridized carbons (Fsp3) is 0.571. The van der Waals surface area contributed by atoms with Gasteiger partial charge in [-0.15, -0.1) is 11.3 Å². The maximum absolute atomic E-state index is 12.4. The maximum atomic E-state index is 12.4. The third kappa shape index (κ3) is 4.52. The molecular formula is C14H18BrNO4S. The van der Waals surface area contributed by atoms with E-state index in [0.29, 0.717) is 13.1 Å². The molecule has 21 heavy (non-hydrogen) atoms. The summed E-state index contributed by atoms with van der Waals surface area (Å²) in [5.74, 6) is -0.779. The minimum Gasteiger partial charge on any atom is -0.481 e. The zero-order valence-electron chi connectivity index (χ0n) is 11.8. The van der Waals surface area contributed by atoms with E-state index in [2.05, 4.69) is 15.9 Å². The van der Waals surface area contributed by atoms with Crippen LogP contribution in [0.15, 0.2) is 9.85 Å². The Morgan fingerprint density at radius 2 is 2.14 bits per heavy atom. The van der Waals surface area contributed by atoms with E-state index in [1.165, 1.54) is 11.3 Å². The molecule has 1 aromatic rings. The number of nitrogens with zero attached hydrogens (tertiary/aromatic N) is 1. The van der Waals surface area contributed by atoms with Crippen LogP contribution in [0.1, 0.15) is 34.5 Å². The largest absolute Gasteiger partial charge is 0.481 e. The Morgan fingerprint density at radius 3 is 2.67 bits per heavy atom. The van der Waals surface area contributed by atoms with E-state index in [0.717, 1.165) is 27.1 Å². The van der Waals surface area contributed by atoms with Gasteiger partial charge in [0.15, 0.2) is 0 Å². The van der Waals surface area contributed by atoms with E-state index in [-0.39, 0.29) is 25.0 Å². The van der Waals surface area contributed by atoms with Crippen LogP contribution in [0.4, 0.5) is 0 Å². The number of aryl methyl sites for hydroxylation is 1. The SMILES string of the molecule is Cc1cc(C(=O)N2CCC(OCCC(=O)O)CC2)sc1Br. The summed E-state index contributed by atoms with van der Waals surface area (Å²) in [6.45, 7) is 3.53. The summed E-state index contributed by atoms with van der Waals surface area (Å²) in [5.41, 5.74) is 1.08. The van der Waals surface area contributed by atoms with Crippen LogP contribution in [0, 0.1) is 6.92 Å². The van der Waals surface area contributed by atoms with Crippen LogP contribution in [-0.4, -0.2) is 47.7 Å². The maximum Gasteiger partial charge on any atom is 0.305 e. The zero-order chi connectivity index (χ0) is 15.4. The lowest BCUT2D eigenvalue weighted by atomic mass is 10.1. The van der Waals surface area contributed by atoms with E-state index in [9.17, 15) is 9.59 Å². The lowest BCUT2D eigenvalue weighted by Gasteiger charge is -2.31. The zero-order valence-corrected chi connectivity index (χ0v) is 14.2. The number of ether oxygens (including phenoxy) is 1. The molecule has 1 N–H and O–H groups in total. The second kappa shape index (κ2) is 7.38. The van der Waals surface area contributed by atoms with E-state index in [1.807, 2.05) is 17.9 Å². The predicted molar refractivity (Wildman–Crippen MR) is 83.9 cm³/mol. The van der Waals surface area contributed by atoms with Crippen molar-refractivity contribution in [3.63, 3.8) is 0 Å². The number of carbonyl (C=O) groups is 2. The summed E-state index contributed by atoms with van der Waals surface area (Å²) in [6, 6.07) is 1.91. The topological polar surface area (TPSA) is 66.8 Å². The summed E-state index contributed by atoms with van der Waals surface area (Å²) in [6.07, 6.45) is 1.61. The molecule has 0 saturated carbocycles. The Hall–Kier alpha value is -0.920. The number of rotatable bonds is 5. The minimum atomic E-state index is -0.846. The highest BCUT2D eigenvalue weighted by molar-refractivity contribution is 9.11. The Labute approximate surface area is 136 Å². The van der Waals surface area contributed by atoms with Crippen molar-refractivity contribution in [2.75, 3.05) is 19.7 Å². The molecule has 0 aliphatic carbocycles. The highest BCUT2D eigenvalue weighted by atomic mass is 79.9. The number of hydrogen-bond donors (Lipinski definition) is 1. The van der Waals surface area contributed by atoms with Crippen molar-refractivity contribution in [1.29, 1.82) is 0 Å². The number of piperidine rings is 1. The van der Waals surface area contributed by atoms with Gasteiger partial charge in [0.25, 0.3) is 5.91 Å². The fourth-order valence-electron chi connectivity index (χ4n) is 2.26. The van der Waals surface area contributed by atoms with Gasteiger partial charge in [-0.05, 0) is 47.3 Å². The molecule has 0 unspecified atom stereocenters. The first-order valence-corrected chi connectivity index (χ1v) is 8.47. The van der Waals surface area contributed by atoms with E-state index in [1.54, 1.807) is 0 Å². The Bertz CT molecular complexity index is 504. The summed E-state index contributed by atoms with van der Waals surface area (Å²) in [7, 11) is 0. The molecule has 1 amide bonds. The van der Waals surface area contributed by atoms with Crippen molar-refractivity contribution >= 4 is 39.1 Å². The molecule has 1 saturated heterocycles. The molecule has 7 heteroatoms. The number of carbonyl (C=O) groups excluding carboxylic acids is 1. The number of aliphatic carboxylic acids is 1. The van der Waals surface area contributed by atoms with Crippen molar-refractivity contribution in [3.05, 3.63) is 20.3 Å². The van der Waals surface area contributed by atoms with Crippen molar-refractivity contribution < 1.29 is 19.4 Å². The standard InChI is InChI=1S/C14H18BrNO4S/c1-9-8-11(21-13(9)15)14(19)16-5-2-10(3-6-16)20-7-4-12(17)18/h8,10H,2-7H2,1H3,(H,17,18). The first-order valence-electron chi connectivity index (χ1n) is 6.86. The van der Waals surface area contributed by atoms with Gasteiger partial charge in [0.1, 0.15) is 0 Å². The minimum absolute atomic E-state index is 0.0294. The highest BCUT2D eigenvalue weighted by Gasteiger charge is 2.25. The number of carboxylic acid groups (broad SMARTS) is 1. The third-order valence-corrected chi connectivity index (χ3v) is 5.59. The third-order valence-electron chi connectivity index (χ3n) is 3.47. The molecule has 2 rings (SSSR count). The fourth-order valence-corrected chi connectivity index (χ4v) is 3.76. The molecule has 0 aromatic carbocycles. The van der Waals surface area contributed by atoms with Gasteiger partial charge in [-0.25, -0.2) is 0 Å². The second-order valence-corrected chi connectivity index (χ2v) is 7.44. The molecular weight excluding hydrogens is 358 g/mol. The molecule has 0 spiro atoms. The smallest absolute Gasteiger partial charge is 0.305 e. The van der Waals surface area contributed by atoms with Gasteiger partial charge in [-0.3, -0.25) is 9.59 Å². The Balaban J connectivity index is 1.80. The average Bonchev–Trinajstić information content (AvgIpc) is 2.78. The number of halogens is 1. The highest BCUT2D eigenvalue weighted by Crippen LogP contribution is 2.29. The first kappa shape index (κ1) is 16.5. The molecule has 116 valence electrons. The van der Waals surface area contributed by atoms with Crippen LogP contribution < -0.4 is 0 Å². The average molecular weight is 376 g/mol. The van der Waals surface area contributed by atoms with Gasteiger partial charge in [0.05, 0.1) is 27.8 Å². The second-order valence-electron chi connectivity index (χ2n) is 5.07. The monoisotopic (exact) mass is 375 g/mol. The van der Waals surface area contributed by atoms with E-state index < -0.39 is 5.97 Å². The van der Waals surface area contributed by atoms with Crippen LogP contribution >= 0.6 is 27.3 Å². The van der Waals surface area contributed by atoms with Crippen molar-refractivity contribution in [1.82, 2.24) is 4.90 Å². The van der Waals surface area contributed by atoms with Gasteiger partial charge in [-0.2, -0.15) is 0 Å². The van der Waals surface area contributed by atoms with Crippen LogP contribution in [0.25, 0.3) is 0 Å². The molecule has 1 fully saturated rings. The van der Waals surface area contributed by atoms with Crippen molar-refractivity contribution in [3.8, 4) is 0 Å². The number of carboxylic acids is 1. The quantitative estimate of drug-likeness (QED) is 0.858. The molecule has 5 nitrogen and oxygen atoms in total. The summed E-state index contributed by atoms with van der Waals surface area (Å²) in [4.78, 5) is 25.4. The lowest BCUT2D eigenvalue weighted by Crippen LogP contribution is -2.40. The summed E-state index contributed by atoms with van der Waals surface area (Å²) >= 11 is 4.90. The number of amides is 1. The Morgan fingerprint density at radius 1 is 1.48 bits per heavy atom. The summed E-state index contributed by atoms with van der Waals surface area (Å²) in [5, 5.41) is 8.57. The molecule has 0 radical (unpaired) electrons. The van der Waals surface area contributed by atoms with Gasteiger partial charge in [0.2, 0.25) is 0 Å². The molecule has 1 aromatic heterocycles. The van der Waals surface area contributed by atoms with Gasteiger partial charge >= 0.3 is 5.97 Å². The molecule has 2 heterocycles. The molecule has 1 aliphatic rings. The van der Waals surface area contributed by atoms with Crippen molar-refractivity contribution in [2.24, 2.45) is 0 Å². The normalized spacial score (nSPS) is 16.2. The lowest BCUT2D eigenvalue weighted by molar-refractivity contribution is -0.138. The van der Waals surface area contributed by atoms with Crippen LogP contribution in [0.3, 0.4) is 0 Å². The van der Waals surface area contributed by atoms with Crippen molar-refractivity contribution in [2.45, 2.75) is 32.3 Å². The molecule has 0 atom stereocenters. The van der Waals surface area contributed by atoms with Gasteiger partial charge < -0.3 is 14.7 Å². The van der Waals surface area contributed by atoms with Gasteiger partial charge in [0, 0.05) is 13.1 Å². The van der Waals surface area contributed by atoms with Crippen LogP contribution in [-0.2, 0) is 9.53 Å². The molecule has 0 bridgehead atoms. The van der Waals surface area contributed by atoms with Crippen LogP contribution in [0.2, 0.25) is 0 Å². The van der Waals surface area contributed by atoms with E-state index in [4.69, 9.17) is 9.84 Å².